The van der Waals surface area contributed by atoms with E-state index in [1.165, 1.54) is 18.2 Å². The summed E-state index contributed by atoms with van der Waals surface area (Å²) >= 11 is 1.34. The molecule has 2 aromatic rings. The molecule has 0 aliphatic carbocycles. The summed E-state index contributed by atoms with van der Waals surface area (Å²) in [5.41, 5.74) is 0.882. The number of thioether (sulfide) groups is 1. The minimum atomic E-state index is 0.0136. The molecule has 0 bridgehead atoms. The lowest BCUT2D eigenvalue weighted by atomic mass is 10.0. The van der Waals surface area contributed by atoms with Crippen LogP contribution < -0.4 is 5.32 Å². The number of hydrogen-bond donors (Lipinski definition) is 1. The molecule has 0 fully saturated rings. The second-order valence-electron chi connectivity index (χ2n) is 6.29. The van der Waals surface area contributed by atoms with E-state index in [2.05, 4.69) is 41.6 Å². The maximum absolute atomic E-state index is 12.1. The molecular weight excluding hydrogens is 322 g/mol. The molecule has 1 aromatic carbocycles. The van der Waals surface area contributed by atoms with Gasteiger partial charge in [0.15, 0.2) is 0 Å². The van der Waals surface area contributed by atoms with Crippen molar-refractivity contribution >= 4 is 17.7 Å². The third kappa shape index (κ3) is 5.96. The van der Waals surface area contributed by atoms with Gasteiger partial charge in [-0.1, -0.05) is 56.7 Å². The molecule has 0 saturated heterocycles. The van der Waals surface area contributed by atoms with Gasteiger partial charge in [0.1, 0.15) is 0 Å². The van der Waals surface area contributed by atoms with Crippen LogP contribution in [0.1, 0.15) is 40.0 Å². The zero-order valence-electron chi connectivity index (χ0n) is 14.5. The summed E-state index contributed by atoms with van der Waals surface area (Å²) in [6, 6.07) is 9.85. The van der Waals surface area contributed by atoms with Gasteiger partial charge in [-0.25, -0.2) is 0 Å². The third-order valence-corrected chi connectivity index (χ3v) is 4.52. The summed E-state index contributed by atoms with van der Waals surface area (Å²) in [6.45, 7) is 6.49. The molecular formula is C17H25N5OS. The topological polar surface area (TPSA) is 72.7 Å². The van der Waals surface area contributed by atoms with Gasteiger partial charge in [0.2, 0.25) is 11.1 Å². The first-order valence-corrected chi connectivity index (χ1v) is 9.30. The summed E-state index contributed by atoms with van der Waals surface area (Å²) in [7, 11) is 0. The number of carbonyl (C=O) groups is 1. The van der Waals surface area contributed by atoms with Crippen molar-refractivity contribution in [1.82, 2.24) is 25.5 Å². The van der Waals surface area contributed by atoms with E-state index in [-0.39, 0.29) is 11.9 Å². The number of para-hydroxylation sites is 1. The lowest BCUT2D eigenvalue weighted by Gasteiger charge is -2.14. The van der Waals surface area contributed by atoms with E-state index in [1.807, 2.05) is 30.3 Å². The van der Waals surface area contributed by atoms with Crippen LogP contribution in [0.15, 0.2) is 35.5 Å². The Morgan fingerprint density at radius 3 is 2.67 bits per heavy atom. The predicted octanol–water partition coefficient (Wildman–Crippen LogP) is 3.09. The molecule has 24 heavy (non-hydrogen) atoms. The van der Waals surface area contributed by atoms with Crippen LogP contribution in [0.4, 0.5) is 0 Å². The van der Waals surface area contributed by atoms with Gasteiger partial charge in [-0.2, -0.15) is 4.68 Å². The van der Waals surface area contributed by atoms with Gasteiger partial charge in [0, 0.05) is 6.04 Å². The Kier molecular flexibility index (Phi) is 7.24. The van der Waals surface area contributed by atoms with Crippen LogP contribution in [0.5, 0.6) is 0 Å². The number of nitrogens with one attached hydrogen (secondary N) is 1. The lowest BCUT2D eigenvalue weighted by molar-refractivity contribution is -0.119. The van der Waals surface area contributed by atoms with Crippen molar-refractivity contribution in [3.63, 3.8) is 0 Å². The first-order chi connectivity index (χ1) is 11.6. The van der Waals surface area contributed by atoms with Crippen LogP contribution in [-0.2, 0) is 4.79 Å². The van der Waals surface area contributed by atoms with Crippen molar-refractivity contribution in [3.8, 4) is 5.69 Å². The second kappa shape index (κ2) is 9.42. The summed E-state index contributed by atoms with van der Waals surface area (Å²) in [6.07, 6.45) is 3.34. The highest BCUT2D eigenvalue weighted by Crippen LogP contribution is 2.17. The summed E-state index contributed by atoms with van der Waals surface area (Å²) in [4.78, 5) is 12.1. The number of amides is 1. The van der Waals surface area contributed by atoms with Gasteiger partial charge >= 0.3 is 0 Å². The number of hydrogen-bond acceptors (Lipinski definition) is 5. The van der Waals surface area contributed by atoms with Gasteiger partial charge in [-0.3, -0.25) is 4.79 Å². The van der Waals surface area contributed by atoms with Gasteiger partial charge in [0.05, 0.1) is 11.4 Å². The number of carbonyl (C=O) groups excluding carboxylic acids is 1. The van der Waals surface area contributed by atoms with E-state index in [0.29, 0.717) is 16.8 Å². The maximum Gasteiger partial charge on any atom is 0.230 e. The summed E-state index contributed by atoms with van der Waals surface area (Å²) < 4.78 is 1.64. The average Bonchev–Trinajstić information content (AvgIpc) is 3.02. The fraction of sp³-hybridized carbons (Fsp3) is 0.529. The zero-order chi connectivity index (χ0) is 17.4. The molecule has 0 saturated carbocycles. The Labute approximate surface area is 147 Å². The molecule has 1 amide bonds. The molecule has 1 heterocycles. The highest BCUT2D eigenvalue weighted by Gasteiger charge is 2.13. The largest absolute Gasteiger partial charge is 0.353 e. The SMILES string of the molecule is CC(C)CCC[C@@H](C)NC(=O)CSc1nnnn1-c1ccccc1. The van der Waals surface area contributed by atoms with Crippen molar-refractivity contribution in [1.29, 1.82) is 0 Å². The monoisotopic (exact) mass is 347 g/mol. The molecule has 0 radical (unpaired) electrons. The molecule has 0 aliphatic heterocycles. The Morgan fingerprint density at radius 1 is 1.21 bits per heavy atom. The smallest absolute Gasteiger partial charge is 0.230 e. The summed E-state index contributed by atoms with van der Waals surface area (Å²) in [5, 5.41) is 15.3. The molecule has 0 spiro atoms. The highest BCUT2D eigenvalue weighted by atomic mass is 32.2. The van der Waals surface area contributed by atoms with Crippen molar-refractivity contribution in [2.24, 2.45) is 5.92 Å². The standard InChI is InChI=1S/C17H25N5OS/c1-13(2)8-7-9-14(3)18-16(23)12-24-17-19-20-21-22(17)15-10-5-4-6-11-15/h4-6,10-11,13-14H,7-9,12H2,1-3H3,(H,18,23)/t14-/m1/s1. The van der Waals surface area contributed by atoms with Crippen LogP contribution in [0.25, 0.3) is 5.69 Å². The van der Waals surface area contributed by atoms with E-state index in [9.17, 15) is 4.79 Å². The molecule has 6 nitrogen and oxygen atoms in total. The Balaban J connectivity index is 1.79. The fourth-order valence-electron chi connectivity index (χ4n) is 2.35. The van der Waals surface area contributed by atoms with Gasteiger partial charge < -0.3 is 5.32 Å². The normalized spacial score (nSPS) is 12.3. The first kappa shape index (κ1) is 18.4. The van der Waals surface area contributed by atoms with Gasteiger partial charge in [-0.15, -0.1) is 5.10 Å². The fourth-order valence-corrected chi connectivity index (χ4v) is 3.05. The van der Waals surface area contributed by atoms with E-state index in [0.717, 1.165) is 18.5 Å². The lowest BCUT2D eigenvalue weighted by Crippen LogP contribution is -2.33. The van der Waals surface area contributed by atoms with E-state index in [4.69, 9.17) is 0 Å². The Hall–Kier alpha value is -1.89. The van der Waals surface area contributed by atoms with Crippen molar-refractivity contribution in [2.45, 2.75) is 51.2 Å². The van der Waals surface area contributed by atoms with E-state index in [1.54, 1.807) is 4.68 Å². The molecule has 2 rings (SSSR count). The van der Waals surface area contributed by atoms with E-state index >= 15 is 0 Å². The minimum Gasteiger partial charge on any atom is -0.353 e. The van der Waals surface area contributed by atoms with Crippen LogP contribution in [-0.4, -0.2) is 37.9 Å². The van der Waals surface area contributed by atoms with Crippen molar-refractivity contribution in [3.05, 3.63) is 30.3 Å². The van der Waals surface area contributed by atoms with E-state index < -0.39 is 0 Å². The third-order valence-electron chi connectivity index (χ3n) is 3.60. The Bertz CT molecular complexity index is 629. The molecule has 0 aliphatic rings. The number of tetrazole rings is 1. The molecule has 1 atom stereocenters. The first-order valence-electron chi connectivity index (χ1n) is 8.32. The van der Waals surface area contributed by atoms with Gasteiger partial charge in [0.25, 0.3) is 0 Å². The number of rotatable bonds is 9. The molecule has 1 aromatic heterocycles. The zero-order valence-corrected chi connectivity index (χ0v) is 15.3. The quantitative estimate of drug-likeness (QED) is 0.706. The second-order valence-corrected chi connectivity index (χ2v) is 7.23. The minimum absolute atomic E-state index is 0.0136. The van der Waals surface area contributed by atoms with Crippen LogP contribution in [0.2, 0.25) is 0 Å². The van der Waals surface area contributed by atoms with Crippen LogP contribution in [0.3, 0.4) is 0 Å². The Morgan fingerprint density at radius 2 is 1.96 bits per heavy atom. The van der Waals surface area contributed by atoms with Gasteiger partial charge in [-0.05, 0) is 41.8 Å². The molecule has 130 valence electrons. The van der Waals surface area contributed by atoms with Crippen molar-refractivity contribution < 1.29 is 4.79 Å². The average molecular weight is 347 g/mol. The molecule has 0 unspecified atom stereocenters. The predicted molar refractivity (Wildman–Crippen MR) is 96.2 cm³/mol. The number of nitrogens with zero attached hydrogens (tertiary/aromatic N) is 4. The highest BCUT2D eigenvalue weighted by molar-refractivity contribution is 7.99. The summed E-state index contributed by atoms with van der Waals surface area (Å²) in [5.74, 6) is 1.03. The molecule has 7 heteroatoms. The molecule has 1 N–H and O–H groups in total. The maximum atomic E-state index is 12.1. The number of aromatic nitrogens is 4. The number of benzene rings is 1. The van der Waals surface area contributed by atoms with Crippen molar-refractivity contribution in [2.75, 3.05) is 5.75 Å². The van der Waals surface area contributed by atoms with Crippen LogP contribution in [0, 0.1) is 5.92 Å². The van der Waals surface area contributed by atoms with Crippen LogP contribution >= 0.6 is 11.8 Å².